The normalized spacial score (nSPS) is 14.3. The van der Waals surface area contributed by atoms with Crippen LogP contribution in [0.15, 0.2) is 55.0 Å². The predicted octanol–water partition coefficient (Wildman–Crippen LogP) is 3.67. The van der Waals surface area contributed by atoms with E-state index in [2.05, 4.69) is 14.9 Å². The molecule has 4 aromatic rings. The Kier molecular flexibility index (Phi) is 4.63. The van der Waals surface area contributed by atoms with Crippen LogP contribution in [-0.2, 0) is 16.6 Å². The van der Waals surface area contributed by atoms with E-state index in [1.165, 1.54) is 28.8 Å². The third-order valence-electron chi connectivity index (χ3n) is 5.08. The van der Waals surface area contributed by atoms with Crippen molar-refractivity contribution in [1.82, 2.24) is 14.7 Å². The summed E-state index contributed by atoms with van der Waals surface area (Å²) in [6.45, 7) is 1.89. The van der Waals surface area contributed by atoms with Crippen molar-refractivity contribution in [2.45, 2.75) is 37.1 Å². The number of rotatable bonds is 6. The summed E-state index contributed by atoms with van der Waals surface area (Å²) in [6.07, 6.45) is 2.05. The molecule has 1 aliphatic carbocycles. The van der Waals surface area contributed by atoms with Crippen LogP contribution >= 0.6 is 11.6 Å². The van der Waals surface area contributed by atoms with E-state index in [-0.39, 0.29) is 17.0 Å². The molecule has 31 heavy (non-hydrogen) atoms. The molecule has 2 aromatic heterocycles. The maximum Gasteiger partial charge on any atom is 0.420 e. The number of nitrogens with one attached hydrogen (secondary N) is 1. The van der Waals surface area contributed by atoms with Gasteiger partial charge in [0, 0.05) is 17.0 Å². The molecule has 0 unspecified atom stereocenters. The van der Waals surface area contributed by atoms with Gasteiger partial charge in [-0.05, 0) is 49.6 Å². The predicted molar refractivity (Wildman–Crippen MR) is 113 cm³/mol. The second-order valence-corrected chi connectivity index (χ2v) is 9.57. The van der Waals surface area contributed by atoms with E-state index >= 15 is 0 Å². The zero-order valence-corrected chi connectivity index (χ0v) is 17.9. The van der Waals surface area contributed by atoms with Crippen molar-refractivity contribution >= 4 is 38.4 Å². The van der Waals surface area contributed by atoms with Crippen LogP contribution in [0, 0.1) is 6.92 Å². The Morgan fingerprint density at radius 1 is 1.23 bits per heavy atom. The minimum atomic E-state index is -3.92. The first kappa shape index (κ1) is 19.8. The molecule has 2 heterocycles. The van der Waals surface area contributed by atoms with Crippen LogP contribution in [0.4, 0.5) is 5.69 Å². The smallest absolute Gasteiger partial charge is 0.408 e. The van der Waals surface area contributed by atoms with E-state index in [0.29, 0.717) is 33.9 Å². The quantitative estimate of drug-likeness (QED) is 0.466. The molecule has 160 valence electrons. The number of aryl methyl sites for hydroxylation is 1. The molecule has 2 aromatic carbocycles. The van der Waals surface area contributed by atoms with Gasteiger partial charge in [-0.1, -0.05) is 22.8 Å². The molecule has 0 saturated heterocycles. The fraction of sp³-hybridized carbons (Fsp3) is 0.250. The van der Waals surface area contributed by atoms with Gasteiger partial charge < -0.3 is 8.94 Å². The number of hydrogen-bond acceptors (Lipinski definition) is 7. The van der Waals surface area contributed by atoms with Crippen molar-refractivity contribution in [3.63, 3.8) is 0 Å². The summed E-state index contributed by atoms with van der Waals surface area (Å²) in [7, 11) is -3.92. The molecule has 1 N–H and O–H groups in total. The largest absolute Gasteiger partial charge is 0.420 e. The highest BCUT2D eigenvalue weighted by molar-refractivity contribution is 7.92. The molecule has 1 saturated carbocycles. The average Bonchev–Trinajstić information content (AvgIpc) is 3.39. The third-order valence-corrected chi connectivity index (χ3v) is 6.87. The maximum absolute atomic E-state index is 12.8. The number of benzene rings is 2. The monoisotopic (exact) mass is 460 g/mol. The first-order chi connectivity index (χ1) is 14.8. The molecule has 1 aliphatic rings. The number of hydrogen-bond donors (Lipinski definition) is 1. The Hall–Kier alpha value is -3.11. The lowest BCUT2D eigenvalue weighted by Crippen LogP contribution is -2.15. The van der Waals surface area contributed by atoms with Gasteiger partial charge in [-0.25, -0.2) is 13.2 Å². The molecule has 0 aliphatic heterocycles. The van der Waals surface area contributed by atoms with Gasteiger partial charge in [0.25, 0.3) is 10.0 Å². The summed E-state index contributed by atoms with van der Waals surface area (Å²) >= 11 is 6.07. The highest BCUT2D eigenvalue weighted by Gasteiger charge is 2.29. The zero-order valence-electron chi connectivity index (χ0n) is 16.3. The van der Waals surface area contributed by atoms with E-state index < -0.39 is 15.8 Å². The van der Waals surface area contributed by atoms with Crippen LogP contribution in [0.25, 0.3) is 11.1 Å². The van der Waals surface area contributed by atoms with Crippen molar-refractivity contribution in [2.75, 3.05) is 4.72 Å². The molecular formula is C20H17ClN4O5S. The van der Waals surface area contributed by atoms with Crippen molar-refractivity contribution in [3.8, 4) is 0 Å². The summed E-state index contributed by atoms with van der Waals surface area (Å²) < 4.78 is 39.9. The standard InChI is InChI=1S/C20H17ClN4O5S/c1-11-2-5-13(8-15(11)21)24-31(27,28)14-6-7-16-17(9-14)29-20(26)25(16)10-18-22-19(30-23-18)12-3-4-12/h2,5-9,12,24H,3-4,10H2,1H3. The van der Waals surface area contributed by atoms with Gasteiger partial charge in [-0.15, -0.1) is 0 Å². The van der Waals surface area contributed by atoms with Gasteiger partial charge in [0.2, 0.25) is 5.89 Å². The van der Waals surface area contributed by atoms with Crippen LogP contribution in [0.3, 0.4) is 0 Å². The van der Waals surface area contributed by atoms with Crippen molar-refractivity contribution < 1.29 is 17.4 Å². The minimum absolute atomic E-state index is 0.0480. The van der Waals surface area contributed by atoms with E-state index in [0.717, 1.165) is 18.4 Å². The molecular weight excluding hydrogens is 444 g/mol. The molecule has 0 bridgehead atoms. The topological polar surface area (TPSA) is 120 Å². The number of sulfonamides is 1. The Bertz CT molecular complexity index is 1470. The number of aromatic nitrogens is 3. The van der Waals surface area contributed by atoms with Crippen LogP contribution in [0.1, 0.15) is 36.0 Å². The highest BCUT2D eigenvalue weighted by atomic mass is 35.5. The molecule has 0 spiro atoms. The van der Waals surface area contributed by atoms with Gasteiger partial charge in [0.1, 0.15) is 0 Å². The number of nitrogens with zero attached hydrogens (tertiary/aromatic N) is 3. The zero-order chi connectivity index (χ0) is 21.8. The third kappa shape index (κ3) is 3.84. The van der Waals surface area contributed by atoms with Crippen molar-refractivity contribution in [2.24, 2.45) is 0 Å². The molecule has 1 fully saturated rings. The number of oxazole rings is 1. The van der Waals surface area contributed by atoms with E-state index in [9.17, 15) is 13.2 Å². The molecule has 5 rings (SSSR count). The van der Waals surface area contributed by atoms with Gasteiger partial charge in [0.05, 0.1) is 22.6 Å². The van der Waals surface area contributed by atoms with Gasteiger partial charge in [-0.2, -0.15) is 4.98 Å². The van der Waals surface area contributed by atoms with Crippen molar-refractivity contribution in [1.29, 1.82) is 0 Å². The highest BCUT2D eigenvalue weighted by Crippen LogP contribution is 2.38. The number of halogens is 1. The average molecular weight is 461 g/mol. The van der Waals surface area contributed by atoms with E-state index in [1.807, 2.05) is 6.92 Å². The SMILES string of the molecule is Cc1ccc(NS(=O)(=O)c2ccc3c(c2)oc(=O)n3Cc2noc(C3CC3)n2)cc1Cl. The Morgan fingerprint density at radius 2 is 2.03 bits per heavy atom. The Balaban J connectivity index is 1.44. The second kappa shape index (κ2) is 7.24. The van der Waals surface area contributed by atoms with Gasteiger partial charge >= 0.3 is 5.76 Å². The first-order valence-corrected chi connectivity index (χ1v) is 11.4. The first-order valence-electron chi connectivity index (χ1n) is 9.55. The molecule has 0 radical (unpaired) electrons. The fourth-order valence-electron chi connectivity index (χ4n) is 3.20. The van der Waals surface area contributed by atoms with Gasteiger partial charge in [0.15, 0.2) is 11.4 Å². The summed E-state index contributed by atoms with van der Waals surface area (Å²) in [4.78, 5) is 16.6. The molecule has 11 heteroatoms. The van der Waals surface area contributed by atoms with E-state index in [4.69, 9.17) is 20.5 Å². The summed E-state index contributed by atoms with van der Waals surface area (Å²) in [5.74, 6) is 0.608. The summed E-state index contributed by atoms with van der Waals surface area (Å²) in [5, 5.41) is 4.36. The number of anilines is 1. The Morgan fingerprint density at radius 3 is 2.77 bits per heavy atom. The Labute approximate surface area is 181 Å². The summed E-state index contributed by atoms with van der Waals surface area (Å²) in [5.41, 5.74) is 1.74. The van der Waals surface area contributed by atoms with Crippen LogP contribution in [0.2, 0.25) is 5.02 Å². The lowest BCUT2D eigenvalue weighted by molar-refractivity contribution is 0.372. The van der Waals surface area contributed by atoms with Gasteiger partial charge in [-0.3, -0.25) is 9.29 Å². The molecule has 0 atom stereocenters. The lowest BCUT2D eigenvalue weighted by Gasteiger charge is -2.09. The molecule has 9 nitrogen and oxygen atoms in total. The fourth-order valence-corrected chi connectivity index (χ4v) is 4.45. The lowest BCUT2D eigenvalue weighted by atomic mass is 10.2. The second-order valence-electron chi connectivity index (χ2n) is 7.48. The van der Waals surface area contributed by atoms with Crippen molar-refractivity contribution in [3.05, 3.63) is 69.3 Å². The summed E-state index contributed by atoms with van der Waals surface area (Å²) in [6, 6.07) is 9.09. The number of fused-ring (bicyclic) bond motifs is 1. The maximum atomic E-state index is 12.8. The van der Waals surface area contributed by atoms with E-state index in [1.54, 1.807) is 12.1 Å². The van der Waals surface area contributed by atoms with Crippen LogP contribution < -0.4 is 10.5 Å². The van der Waals surface area contributed by atoms with Crippen LogP contribution in [-0.4, -0.2) is 23.1 Å². The minimum Gasteiger partial charge on any atom is -0.408 e. The molecule has 0 amide bonds. The van der Waals surface area contributed by atoms with Crippen LogP contribution in [0.5, 0.6) is 0 Å².